The van der Waals surface area contributed by atoms with Crippen molar-refractivity contribution in [3.63, 3.8) is 0 Å². The van der Waals surface area contributed by atoms with Crippen LogP contribution in [0, 0.1) is 6.42 Å². The second-order valence-electron chi connectivity index (χ2n) is 1.50. The minimum absolute atomic E-state index is 0.931. The van der Waals surface area contributed by atoms with E-state index in [1.165, 1.54) is 8.66 Å². The zero-order valence-electron chi connectivity index (χ0n) is 4.60. The monoisotopic (exact) mass is 267 g/mol. The Labute approximate surface area is 75.5 Å². The molecule has 0 bridgehead atoms. The molecule has 0 saturated carbocycles. The highest BCUT2D eigenvalue weighted by Gasteiger charge is 1.94. The lowest BCUT2D eigenvalue weighted by atomic mass is 10.4. The summed E-state index contributed by atoms with van der Waals surface area (Å²) in [6, 6.07) is 4.15. The number of thiophene rings is 1. The van der Waals surface area contributed by atoms with Gasteiger partial charge >= 0.3 is 0 Å². The molecule has 49 valence electrons. The van der Waals surface area contributed by atoms with Crippen LogP contribution in [0.5, 0.6) is 0 Å². The van der Waals surface area contributed by atoms with Gasteiger partial charge in [-0.1, -0.05) is 15.9 Å². The largest absolute Gasteiger partial charge is 0.133 e. The van der Waals surface area contributed by atoms with E-state index in [2.05, 4.69) is 50.4 Å². The van der Waals surface area contributed by atoms with Gasteiger partial charge in [-0.3, -0.25) is 0 Å². The predicted octanol–water partition coefficient (Wildman–Crippen LogP) is 3.46. The molecule has 0 aromatic carbocycles. The van der Waals surface area contributed by atoms with Crippen molar-refractivity contribution in [3.8, 4) is 0 Å². The van der Waals surface area contributed by atoms with Gasteiger partial charge in [0.25, 0.3) is 0 Å². The lowest BCUT2D eigenvalue weighted by Gasteiger charge is -1.84. The van der Waals surface area contributed by atoms with Crippen LogP contribution in [0.15, 0.2) is 15.9 Å². The van der Waals surface area contributed by atoms with Gasteiger partial charge in [-0.25, -0.2) is 0 Å². The van der Waals surface area contributed by atoms with E-state index in [4.69, 9.17) is 0 Å². The third-order valence-corrected chi connectivity index (χ3v) is 2.82. The molecule has 1 rings (SSSR count). The molecule has 1 heterocycles. The molecule has 0 amide bonds. The molecule has 0 fully saturated rings. The SMILES string of the molecule is BrC[CH]c1ccc(Br)s1. The Morgan fingerprint density at radius 1 is 1.56 bits per heavy atom. The van der Waals surface area contributed by atoms with Crippen molar-refractivity contribution in [1.82, 2.24) is 0 Å². The fraction of sp³-hybridized carbons (Fsp3) is 0.167. The lowest BCUT2D eigenvalue weighted by Crippen LogP contribution is -1.71. The summed E-state index contributed by atoms with van der Waals surface area (Å²) in [6.45, 7) is 0. The van der Waals surface area contributed by atoms with E-state index in [1.807, 2.05) is 0 Å². The summed E-state index contributed by atoms with van der Waals surface area (Å²) in [7, 11) is 0. The van der Waals surface area contributed by atoms with Gasteiger partial charge in [-0.2, -0.15) is 0 Å². The summed E-state index contributed by atoms with van der Waals surface area (Å²) in [5.74, 6) is 0. The van der Waals surface area contributed by atoms with Crippen LogP contribution < -0.4 is 0 Å². The lowest BCUT2D eigenvalue weighted by molar-refractivity contribution is 1.56. The molecule has 9 heavy (non-hydrogen) atoms. The van der Waals surface area contributed by atoms with Gasteiger partial charge in [0, 0.05) is 16.6 Å². The summed E-state index contributed by atoms with van der Waals surface area (Å²) in [6.07, 6.45) is 2.13. The van der Waals surface area contributed by atoms with E-state index in [1.54, 1.807) is 11.3 Å². The zero-order chi connectivity index (χ0) is 6.69. The minimum Gasteiger partial charge on any atom is -0.133 e. The van der Waals surface area contributed by atoms with E-state index in [-0.39, 0.29) is 0 Å². The third kappa shape index (κ3) is 2.40. The van der Waals surface area contributed by atoms with Crippen LogP contribution in [0.3, 0.4) is 0 Å². The fourth-order valence-corrected chi connectivity index (χ4v) is 2.43. The molecule has 0 unspecified atom stereocenters. The molecule has 1 aromatic rings. The maximum Gasteiger partial charge on any atom is 0.0701 e. The highest BCUT2D eigenvalue weighted by Crippen LogP contribution is 2.23. The van der Waals surface area contributed by atoms with Crippen LogP contribution in [-0.2, 0) is 0 Å². The molecule has 0 nitrogen and oxygen atoms in total. The number of halogens is 2. The Morgan fingerprint density at radius 2 is 2.33 bits per heavy atom. The molecule has 0 aliphatic heterocycles. The van der Waals surface area contributed by atoms with Crippen LogP contribution in [0.25, 0.3) is 0 Å². The predicted molar refractivity (Wildman–Crippen MR) is 49.2 cm³/mol. The molecule has 0 spiro atoms. The highest BCUT2D eigenvalue weighted by atomic mass is 79.9. The molecule has 1 aromatic heterocycles. The second-order valence-corrected chi connectivity index (χ2v) is 4.64. The van der Waals surface area contributed by atoms with Gasteiger partial charge in [0.2, 0.25) is 0 Å². The van der Waals surface area contributed by atoms with Gasteiger partial charge in [0.15, 0.2) is 0 Å². The van der Waals surface area contributed by atoms with Crippen LogP contribution in [0.4, 0.5) is 0 Å². The number of hydrogen-bond donors (Lipinski definition) is 0. The molecule has 0 saturated heterocycles. The van der Waals surface area contributed by atoms with Gasteiger partial charge in [0.1, 0.15) is 0 Å². The van der Waals surface area contributed by atoms with Gasteiger partial charge < -0.3 is 0 Å². The Hall–Kier alpha value is 0.660. The number of rotatable bonds is 2. The van der Waals surface area contributed by atoms with Crippen molar-refractivity contribution < 1.29 is 0 Å². The van der Waals surface area contributed by atoms with Crippen LogP contribution in [-0.4, -0.2) is 5.33 Å². The van der Waals surface area contributed by atoms with Crippen molar-refractivity contribution in [3.05, 3.63) is 27.2 Å². The molecular formula is C6H5Br2S. The first-order valence-corrected chi connectivity index (χ1v) is 5.20. The topological polar surface area (TPSA) is 0 Å². The highest BCUT2D eigenvalue weighted by molar-refractivity contribution is 9.11. The van der Waals surface area contributed by atoms with E-state index >= 15 is 0 Å². The maximum absolute atomic E-state index is 3.39. The van der Waals surface area contributed by atoms with E-state index in [9.17, 15) is 0 Å². The smallest absolute Gasteiger partial charge is 0.0701 e. The average Bonchev–Trinajstić information content (AvgIpc) is 2.17. The Bertz CT molecular complexity index is 183. The van der Waals surface area contributed by atoms with Crippen molar-refractivity contribution in [2.45, 2.75) is 0 Å². The van der Waals surface area contributed by atoms with Crippen molar-refractivity contribution in [2.75, 3.05) is 5.33 Å². The summed E-state index contributed by atoms with van der Waals surface area (Å²) < 4.78 is 1.19. The Kier molecular flexibility index (Phi) is 3.22. The first-order chi connectivity index (χ1) is 4.33. The van der Waals surface area contributed by atoms with Crippen molar-refractivity contribution in [2.24, 2.45) is 0 Å². The molecule has 0 aliphatic carbocycles. The standard InChI is InChI=1S/C6H5Br2S/c7-4-3-5-1-2-6(8)9-5/h1-3H,4H2. The van der Waals surface area contributed by atoms with Crippen LogP contribution in [0.2, 0.25) is 0 Å². The maximum atomic E-state index is 3.39. The van der Waals surface area contributed by atoms with Gasteiger partial charge in [-0.15, -0.1) is 11.3 Å². The van der Waals surface area contributed by atoms with Crippen molar-refractivity contribution >= 4 is 43.2 Å². The summed E-state index contributed by atoms with van der Waals surface area (Å²) in [4.78, 5) is 1.30. The third-order valence-electron chi connectivity index (χ3n) is 0.872. The quantitative estimate of drug-likeness (QED) is 0.721. The number of hydrogen-bond acceptors (Lipinski definition) is 1. The van der Waals surface area contributed by atoms with Crippen LogP contribution >= 0.6 is 43.2 Å². The van der Waals surface area contributed by atoms with Crippen molar-refractivity contribution in [1.29, 1.82) is 0 Å². The molecular weight excluding hydrogens is 264 g/mol. The molecule has 0 N–H and O–H groups in total. The average molecular weight is 269 g/mol. The van der Waals surface area contributed by atoms with E-state index in [0.717, 1.165) is 5.33 Å². The second kappa shape index (κ2) is 3.74. The molecule has 1 radical (unpaired) electrons. The number of alkyl halides is 1. The van der Waals surface area contributed by atoms with E-state index < -0.39 is 0 Å². The minimum atomic E-state index is 0.931. The first kappa shape index (κ1) is 7.76. The first-order valence-electron chi connectivity index (χ1n) is 2.47. The van der Waals surface area contributed by atoms with Gasteiger partial charge in [0.05, 0.1) is 3.79 Å². The normalized spacial score (nSPS) is 10.0. The Morgan fingerprint density at radius 3 is 2.78 bits per heavy atom. The summed E-state index contributed by atoms with van der Waals surface area (Å²) in [5.41, 5.74) is 0. The van der Waals surface area contributed by atoms with Crippen LogP contribution in [0.1, 0.15) is 4.88 Å². The van der Waals surface area contributed by atoms with E-state index in [0.29, 0.717) is 0 Å². The molecule has 0 atom stereocenters. The zero-order valence-corrected chi connectivity index (χ0v) is 8.59. The molecule has 3 heteroatoms. The Balaban J connectivity index is 2.61. The summed E-state index contributed by atoms with van der Waals surface area (Å²) in [5, 5.41) is 0.931. The summed E-state index contributed by atoms with van der Waals surface area (Å²) >= 11 is 8.46. The fourth-order valence-electron chi connectivity index (χ4n) is 0.514. The van der Waals surface area contributed by atoms with Gasteiger partial charge in [-0.05, 0) is 28.1 Å². The molecule has 0 aliphatic rings.